The predicted molar refractivity (Wildman–Crippen MR) is 106 cm³/mol. The van der Waals surface area contributed by atoms with Gasteiger partial charge in [0.2, 0.25) is 5.91 Å². The molecule has 0 aliphatic heterocycles. The second-order valence-electron chi connectivity index (χ2n) is 6.83. The van der Waals surface area contributed by atoms with Crippen LogP contribution >= 0.6 is 0 Å². The van der Waals surface area contributed by atoms with E-state index in [0.717, 1.165) is 0 Å². The molecular weight excluding hydrogens is 342 g/mol. The Bertz CT molecular complexity index is 816. The normalized spacial score (nSPS) is 11.6. The zero-order valence-electron chi connectivity index (χ0n) is 16.0. The number of hydrogen-bond donors (Lipinski definition) is 2. The van der Waals surface area contributed by atoms with Gasteiger partial charge in [0, 0.05) is 30.9 Å². The summed E-state index contributed by atoms with van der Waals surface area (Å²) < 4.78 is 0. The van der Waals surface area contributed by atoms with E-state index in [1.807, 2.05) is 19.9 Å². The molecule has 2 rings (SSSR count). The van der Waals surface area contributed by atoms with E-state index in [9.17, 15) is 14.4 Å². The van der Waals surface area contributed by atoms with Gasteiger partial charge in [0.1, 0.15) is 6.04 Å². The van der Waals surface area contributed by atoms with Crippen LogP contribution in [-0.2, 0) is 4.79 Å². The van der Waals surface area contributed by atoms with Crippen molar-refractivity contribution in [3.05, 3.63) is 65.7 Å². The second-order valence-corrected chi connectivity index (χ2v) is 6.83. The zero-order valence-corrected chi connectivity index (χ0v) is 16.0. The maximum Gasteiger partial charge on any atom is 0.253 e. The van der Waals surface area contributed by atoms with Crippen LogP contribution in [0, 0.1) is 5.92 Å². The molecule has 6 heteroatoms. The Kier molecular flexibility index (Phi) is 6.71. The summed E-state index contributed by atoms with van der Waals surface area (Å²) in [5, 5.41) is 5.57. The number of hydrogen-bond acceptors (Lipinski definition) is 3. The van der Waals surface area contributed by atoms with Gasteiger partial charge in [0.15, 0.2) is 0 Å². The number of anilines is 1. The monoisotopic (exact) mass is 367 g/mol. The van der Waals surface area contributed by atoms with Crippen LogP contribution in [0.2, 0.25) is 0 Å². The Morgan fingerprint density at radius 3 is 2.11 bits per heavy atom. The van der Waals surface area contributed by atoms with Gasteiger partial charge in [-0.3, -0.25) is 14.4 Å². The molecule has 0 heterocycles. The molecule has 142 valence electrons. The Balaban J connectivity index is 2.12. The van der Waals surface area contributed by atoms with E-state index in [4.69, 9.17) is 0 Å². The quantitative estimate of drug-likeness (QED) is 0.824. The Morgan fingerprint density at radius 2 is 1.52 bits per heavy atom. The van der Waals surface area contributed by atoms with Crippen LogP contribution in [0.5, 0.6) is 0 Å². The molecule has 1 atom stereocenters. The molecule has 0 fully saturated rings. The minimum Gasteiger partial charge on any atom is -0.345 e. The molecule has 0 aliphatic rings. The van der Waals surface area contributed by atoms with Crippen molar-refractivity contribution in [3.63, 3.8) is 0 Å². The largest absolute Gasteiger partial charge is 0.345 e. The number of nitrogens with one attached hydrogen (secondary N) is 2. The topological polar surface area (TPSA) is 78.5 Å². The first kappa shape index (κ1) is 20.2. The molecule has 0 aliphatic carbocycles. The molecule has 6 nitrogen and oxygen atoms in total. The van der Waals surface area contributed by atoms with Crippen LogP contribution in [-0.4, -0.2) is 42.8 Å². The summed E-state index contributed by atoms with van der Waals surface area (Å²) in [6.07, 6.45) is 0. The first-order chi connectivity index (χ1) is 12.8. The van der Waals surface area contributed by atoms with Crippen molar-refractivity contribution in [2.45, 2.75) is 19.9 Å². The van der Waals surface area contributed by atoms with Gasteiger partial charge in [-0.2, -0.15) is 0 Å². The molecule has 0 spiro atoms. The third-order valence-electron chi connectivity index (χ3n) is 4.05. The van der Waals surface area contributed by atoms with E-state index in [-0.39, 0.29) is 23.6 Å². The lowest BCUT2D eigenvalue weighted by Gasteiger charge is -2.22. The van der Waals surface area contributed by atoms with Gasteiger partial charge >= 0.3 is 0 Å². The number of nitrogens with zero attached hydrogens (tertiary/aromatic N) is 1. The Hall–Kier alpha value is -3.15. The first-order valence-electron chi connectivity index (χ1n) is 8.78. The van der Waals surface area contributed by atoms with Crippen LogP contribution < -0.4 is 10.6 Å². The lowest BCUT2D eigenvalue weighted by molar-refractivity contribution is -0.118. The van der Waals surface area contributed by atoms with E-state index in [1.165, 1.54) is 4.90 Å². The fourth-order valence-electron chi connectivity index (χ4n) is 2.56. The summed E-state index contributed by atoms with van der Waals surface area (Å²) in [5.41, 5.74) is 1.48. The maximum absolute atomic E-state index is 12.7. The number of amides is 3. The minimum atomic E-state index is -0.703. The van der Waals surface area contributed by atoms with Gasteiger partial charge < -0.3 is 15.5 Å². The fourth-order valence-corrected chi connectivity index (χ4v) is 2.56. The zero-order chi connectivity index (χ0) is 20.0. The van der Waals surface area contributed by atoms with Gasteiger partial charge in [0.05, 0.1) is 0 Å². The van der Waals surface area contributed by atoms with E-state index < -0.39 is 6.04 Å². The highest BCUT2D eigenvalue weighted by Crippen LogP contribution is 2.14. The van der Waals surface area contributed by atoms with Gasteiger partial charge in [-0.1, -0.05) is 38.1 Å². The summed E-state index contributed by atoms with van der Waals surface area (Å²) in [6, 6.07) is 14.8. The molecule has 0 aromatic heterocycles. The standard InChI is InChI=1S/C21H25N3O3/c1-14(2)18(23-19(25)15-9-6-5-7-10-15)20(26)22-17-12-8-11-16(13-17)21(27)24(3)4/h5-14,18H,1-4H3,(H,22,26)(H,23,25). The average molecular weight is 367 g/mol. The molecule has 27 heavy (non-hydrogen) atoms. The molecule has 0 bridgehead atoms. The minimum absolute atomic E-state index is 0.107. The highest BCUT2D eigenvalue weighted by Gasteiger charge is 2.25. The SMILES string of the molecule is CC(C)C(NC(=O)c1ccccc1)C(=O)Nc1cccc(C(=O)N(C)C)c1. The van der Waals surface area contributed by atoms with Gasteiger partial charge in [-0.25, -0.2) is 0 Å². The number of rotatable bonds is 6. The number of carbonyl (C=O) groups excluding carboxylic acids is 3. The van der Waals surface area contributed by atoms with Gasteiger partial charge in [-0.05, 0) is 36.2 Å². The number of carbonyl (C=O) groups is 3. The van der Waals surface area contributed by atoms with Crippen molar-refractivity contribution in [2.75, 3.05) is 19.4 Å². The summed E-state index contributed by atoms with van der Waals surface area (Å²) in [4.78, 5) is 38.7. The van der Waals surface area contributed by atoms with Gasteiger partial charge in [0.25, 0.3) is 11.8 Å². The van der Waals surface area contributed by atoms with Crippen molar-refractivity contribution in [3.8, 4) is 0 Å². The molecule has 2 aromatic rings. The fraction of sp³-hybridized carbons (Fsp3) is 0.286. The Morgan fingerprint density at radius 1 is 0.889 bits per heavy atom. The van der Waals surface area contributed by atoms with Crippen molar-refractivity contribution in [1.82, 2.24) is 10.2 Å². The molecule has 0 saturated heterocycles. The van der Waals surface area contributed by atoms with Crippen LogP contribution in [0.15, 0.2) is 54.6 Å². The lowest BCUT2D eigenvalue weighted by Crippen LogP contribution is -2.47. The van der Waals surface area contributed by atoms with Crippen molar-refractivity contribution in [1.29, 1.82) is 0 Å². The van der Waals surface area contributed by atoms with Gasteiger partial charge in [-0.15, -0.1) is 0 Å². The van der Waals surface area contributed by atoms with E-state index in [1.54, 1.807) is 62.6 Å². The third kappa shape index (κ3) is 5.41. The molecule has 2 aromatic carbocycles. The second kappa shape index (κ2) is 8.98. The third-order valence-corrected chi connectivity index (χ3v) is 4.05. The molecule has 0 saturated carbocycles. The van der Waals surface area contributed by atoms with Crippen molar-refractivity contribution >= 4 is 23.4 Å². The van der Waals surface area contributed by atoms with Crippen LogP contribution in [0.3, 0.4) is 0 Å². The van der Waals surface area contributed by atoms with Crippen LogP contribution in [0.1, 0.15) is 34.6 Å². The maximum atomic E-state index is 12.7. The summed E-state index contributed by atoms with van der Waals surface area (Å²) in [7, 11) is 3.34. The van der Waals surface area contributed by atoms with Crippen molar-refractivity contribution < 1.29 is 14.4 Å². The average Bonchev–Trinajstić information content (AvgIpc) is 2.65. The highest BCUT2D eigenvalue weighted by atomic mass is 16.2. The lowest BCUT2D eigenvalue weighted by atomic mass is 10.0. The molecular formula is C21H25N3O3. The highest BCUT2D eigenvalue weighted by molar-refractivity contribution is 6.02. The number of benzene rings is 2. The van der Waals surface area contributed by atoms with E-state index >= 15 is 0 Å². The van der Waals surface area contributed by atoms with Crippen LogP contribution in [0.25, 0.3) is 0 Å². The summed E-state index contributed by atoms with van der Waals surface area (Å²) in [6.45, 7) is 3.73. The van der Waals surface area contributed by atoms with E-state index in [0.29, 0.717) is 16.8 Å². The molecule has 3 amide bonds. The molecule has 0 radical (unpaired) electrons. The first-order valence-corrected chi connectivity index (χ1v) is 8.78. The summed E-state index contributed by atoms with van der Waals surface area (Å²) in [5.74, 6) is -0.891. The Labute approximate surface area is 159 Å². The van der Waals surface area contributed by atoms with Crippen LogP contribution in [0.4, 0.5) is 5.69 Å². The summed E-state index contributed by atoms with van der Waals surface area (Å²) >= 11 is 0. The van der Waals surface area contributed by atoms with E-state index in [2.05, 4.69) is 10.6 Å². The predicted octanol–water partition coefficient (Wildman–Crippen LogP) is 2.78. The molecule has 1 unspecified atom stereocenters. The smallest absolute Gasteiger partial charge is 0.253 e. The molecule has 2 N–H and O–H groups in total. The van der Waals surface area contributed by atoms with Crippen molar-refractivity contribution in [2.24, 2.45) is 5.92 Å².